The zero-order valence-electron chi connectivity index (χ0n) is 5.72. The Kier molecular flexibility index (Phi) is 1.87. The summed E-state index contributed by atoms with van der Waals surface area (Å²) in [7, 11) is -3.06. The first-order chi connectivity index (χ1) is 4.93. The fraction of sp³-hybridized carbons (Fsp3) is 0.750. The Morgan fingerprint density at radius 1 is 1.73 bits per heavy atom. The standard InChI is InChI=1S/C4H7NO5S/c1-5-3(6)2-10-4(5)11(7,8)9/h4H,2H2,1H3,(H,7,8,9). The summed E-state index contributed by atoms with van der Waals surface area (Å²) in [6, 6.07) is 0. The van der Waals surface area contributed by atoms with Crippen molar-refractivity contribution in [3.8, 4) is 0 Å². The fourth-order valence-corrected chi connectivity index (χ4v) is 1.52. The molecule has 1 unspecified atom stereocenters. The van der Waals surface area contributed by atoms with Gasteiger partial charge in [-0.25, -0.2) is 0 Å². The molecule has 0 aromatic heterocycles. The Hall–Kier alpha value is -0.660. The molecule has 7 heteroatoms. The molecule has 1 aliphatic heterocycles. The van der Waals surface area contributed by atoms with Crippen LogP contribution >= 0.6 is 0 Å². The summed E-state index contributed by atoms with van der Waals surface area (Å²) in [6.07, 6.45) is 0. The molecule has 0 aliphatic carbocycles. The van der Waals surface area contributed by atoms with E-state index in [1.165, 1.54) is 7.05 Å². The van der Waals surface area contributed by atoms with Crippen LogP contribution in [0, 0.1) is 0 Å². The lowest BCUT2D eigenvalue weighted by Crippen LogP contribution is -2.35. The van der Waals surface area contributed by atoms with Crippen LogP contribution in [0.3, 0.4) is 0 Å². The highest BCUT2D eigenvalue weighted by atomic mass is 32.2. The van der Waals surface area contributed by atoms with Gasteiger partial charge in [0.15, 0.2) is 0 Å². The monoisotopic (exact) mass is 181 g/mol. The van der Waals surface area contributed by atoms with E-state index in [1.54, 1.807) is 0 Å². The number of hydrogen-bond donors (Lipinski definition) is 1. The smallest absolute Gasteiger partial charge is 0.312 e. The van der Waals surface area contributed by atoms with Crippen molar-refractivity contribution in [2.75, 3.05) is 13.7 Å². The van der Waals surface area contributed by atoms with E-state index in [0.717, 1.165) is 4.90 Å². The first kappa shape index (κ1) is 8.44. The van der Waals surface area contributed by atoms with Crippen molar-refractivity contribution < 1.29 is 22.5 Å². The van der Waals surface area contributed by atoms with E-state index < -0.39 is 21.6 Å². The first-order valence-electron chi connectivity index (χ1n) is 2.76. The normalized spacial score (nSPS) is 26.2. The second-order valence-corrected chi connectivity index (χ2v) is 3.57. The summed E-state index contributed by atoms with van der Waals surface area (Å²) in [4.78, 5) is 11.5. The molecule has 1 aliphatic rings. The maximum absolute atomic E-state index is 10.7. The molecule has 0 aromatic carbocycles. The van der Waals surface area contributed by atoms with Crippen molar-refractivity contribution in [1.82, 2.24) is 4.90 Å². The third-order valence-corrected chi connectivity index (χ3v) is 2.28. The largest absolute Gasteiger partial charge is 0.333 e. The average molecular weight is 181 g/mol. The van der Waals surface area contributed by atoms with Crippen molar-refractivity contribution in [3.63, 3.8) is 0 Å². The van der Waals surface area contributed by atoms with Crippen LogP contribution in [0.4, 0.5) is 0 Å². The van der Waals surface area contributed by atoms with Gasteiger partial charge in [0.1, 0.15) is 6.61 Å². The molecule has 11 heavy (non-hydrogen) atoms. The van der Waals surface area contributed by atoms with Crippen molar-refractivity contribution in [1.29, 1.82) is 0 Å². The molecular formula is C4H7NO5S. The maximum atomic E-state index is 10.7. The van der Waals surface area contributed by atoms with Gasteiger partial charge in [-0.15, -0.1) is 0 Å². The zero-order chi connectivity index (χ0) is 8.65. The van der Waals surface area contributed by atoms with Gasteiger partial charge in [0.2, 0.25) is 0 Å². The predicted molar refractivity (Wildman–Crippen MR) is 34.1 cm³/mol. The minimum Gasteiger partial charge on any atom is -0.333 e. The Morgan fingerprint density at radius 3 is 2.45 bits per heavy atom. The van der Waals surface area contributed by atoms with Gasteiger partial charge in [-0.1, -0.05) is 0 Å². The predicted octanol–water partition coefficient (Wildman–Crippen LogP) is -1.35. The molecule has 6 nitrogen and oxygen atoms in total. The van der Waals surface area contributed by atoms with E-state index in [0.29, 0.717) is 0 Å². The maximum Gasteiger partial charge on any atom is 0.312 e. The number of ether oxygens (including phenoxy) is 1. The molecule has 1 rings (SSSR count). The van der Waals surface area contributed by atoms with Crippen LogP contribution in [0.5, 0.6) is 0 Å². The minimum atomic E-state index is -4.30. The fourth-order valence-electron chi connectivity index (χ4n) is 0.760. The molecule has 1 saturated heterocycles. The molecule has 1 atom stereocenters. The first-order valence-corrected chi connectivity index (χ1v) is 4.27. The topological polar surface area (TPSA) is 83.9 Å². The summed E-state index contributed by atoms with van der Waals surface area (Å²) >= 11 is 0. The van der Waals surface area contributed by atoms with Crippen molar-refractivity contribution >= 4 is 16.0 Å². The molecule has 64 valence electrons. The van der Waals surface area contributed by atoms with Gasteiger partial charge >= 0.3 is 10.1 Å². The Morgan fingerprint density at radius 2 is 2.27 bits per heavy atom. The quantitative estimate of drug-likeness (QED) is 0.505. The van der Waals surface area contributed by atoms with E-state index in [-0.39, 0.29) is 6.61 Å². The van der Waals surface area contributed by atoms with Gasteiger partial charge in [0, 0.05) is 7.05 Å². The molecule has 0 radical (unpaired) electrons. The van der Waals surface area contributed by atoms with Crippen molar-refractivity contribution in [2.45, 2.75) is 5.56 Å². The van der Waals surface area contributed by atoms with E-state index in [9.17, 15) is 13.2 Å². The second-order valence-electron chi connectivity index (χ2n) is 2.14. The zero-order valence-corrected chi connectivity index (χ0v) is 6.54. The number of amides is 1. The summed E-state index contributed by atoms with van der Waals surface area (Å²) in [5.74, 6) is -0.465. The van der Waals surface area contributed by atoms with Crippen molar-refractivity contribution in [3.05, 3.63) is 0 Å². The highest BCUT2D eigenvalue weighted by molar-refractivity contribution is 7.86. The SMILES string of the molecule is CN1C(=O)COC1S(=O)(=O)O. The summed E-state index contributed by atoms with van der Waals surface area (Å²) in [5.41, 5.74) is -1.53. The highest BCUT2D eigenvalue weighted by Crippen LogP contribution is 2.12. The molecule has 1 heterocycles. The van der Waals surface area contributed by atoms with Crippen LogP contribution in [0.2, 0.25) is 0 Å². The second kappa shape index (κ2) is 2.43. The Bertz CT molecular complexity index is 270. The number of hydrogen-bond acceptors (Lipinski definition) is 4. The van der Waals surface area contributed by atoms with E-state index in [1.807, 2.05) is 0 Å². The minimum absolute atomic E-state index is 0.305. The average Bonchev–Trinajstić information content (AvgIpc) is 2.11. The number of carbonyl (C=O) groups is 1. The molecule has 0 spiro atoms. The Balaban J connectivity index is 2.87. The lowest BCUT2D eigenvalue weighted by atomic mass is 10.6. The van der Waals surface area contributed by atoms with E-state index in [2.05, 4.69) is 4.74 Å². The molecule has 1 N–H and O–H groups in total. The number of likely N-dealkylation sites (N-methyl/N-ethyl adjacent to an activating group) is 1. The van der Waals surface area contributed by atoms with Crippen LogP contribution in [0.25, 0.3) is 0 Å². The van der Waals surface area contributed by atoms with E-state index >= 15 is 0 Å². The lowest BCUT2D eigenvalue weighted by molar-refractivity contribution is -0.126. The number of nitrogens with zero attached hydrogens (tertiary/aromatic N) is 1. The van der Waals surface area contributed by atoms with Gasteiger partial charge in [-0.05, 0) is 0 Å². The van der Waals surface area contributed by atoms with Gasteiger partial charge in [0.05, 0.1) is 0 Å². The van der Waals surface area contributed by atoms with Gasteiger partial charge in [-0.2, -0.15) is 8.42 Å². The number of carbonyl (C=O) groups excluding carboxylic acids is 1. The van der Waals surface area contributed by atoms with Crippen LogP contribution < -0.4 is 0 Å². The third kappa shape index (κ3) is 1.50. The summed E-state index contributed by atoms with van der Waals surface area (Å²) in [5, 5.41) is 0. The van der Waals surface area contributed by atoms with Gasteiger partial charge in [-0.3, -0.25) is 9.35 Å². The lowest BCUT2D eigenvalue weighted by Gasteiger charge is -2.13. The number of rotatable bonds is 1. The van der Waals surface area contributed by atoms with Crippen LogP contribution in [0.1, 0.15) is 0 Å². The molecular weight excluding hydrogens is 174 g/mol. The van der Waals surface area contributed by atoms with Gasteiger partial charge in [0.25, 0.3) is 11.5 Å². The highest BCUT2D eigenvalue weighted by Gasteiger charge is 2.37. The molecule has 1 amide bonds. The third-order valence-electron chi connectivity index (χ3n) is 1.31. The Labute approximate surface area is 63.5 Å². The summed E-state index contributed by atoms with van der Waals surface area (Å²) in [6.45, 7) is -0.305. The van der Waals surface area contributed by atoms with Crippen LogP contribution in [-0.4, -0.2) is 43.0 Å². The molecule has 0 bridgehead atoms. The van der Waals surface area contributed by atoms with Crippen molar-refractivity contribution in [2.24, 2.45) is 0 Å². The van der Waals surface area contributed by atoms with Crippen LogP contribution in [-0.2, 0) is 19.6 Å². The summed E-state index contributed by atoms with van der Waals surface area (Å²) < 4.78 is 33.8. The van der Waals surface area contributed by atoms with E-state index in [4.69, 9.17) is 4.55 Å². The van der Waals surface area contributed by atoms with Crippen LogP contribution in [0.15, 0.2) is 0 Å². The molecule has 1 fully saturated rings. The van der Waals surface area contributed by atoms with Gasteiger partial charge < -0.3 is 9.64 Å². The molecule has 0 saturated carbocycles. The molecule has 0 aromatic rings.